The summed E-state index contributed by atoms with van der Waals surface area (Å²) in [6.07, 6.45) is 8.21. The number of likely N-dealkylation sites (tertiary alicyclic amines) is 1. The summed E-state index contributed by atoms with van der Waals surface area (Å²) in [5.41, 5.74) is 1.62. The summed E-state index contributed by atoms with van der Waals surface area (Å²) in [4.78, 5) is 14.3. The van der Waals surface area contributed by atoms with Gasteiger partial charge in [0.15, 0.2) is 0 Å². The molecule has 22 heavy (non-hydrogen) atoms. The van der Waals surface area contributed by atoms with Crippen LogP contribution in [0, 0.1) is 6.92 Å². The Hall–Kier alpha value is -1.33. The lowest BCUT2D eigenvalue weighted by atomic mass is 10.1. The second-order valence-electron chi connectivity index (χ2n) is 5.79. The van der Waals surface area contributed by atoms with Crippen molar-refractivity contribution in [2.24, 2.45) is 7.05 Å². The maximum absolute atomic E-state index is 11.8. The van der Waals surface area contributed by atoms with Crippen molar-refractivity contribution in [1.29, 1.82) is 0 Å². The fourth-order valence-electron chi connectivity index (χ4n) is 2.75. The predicted octanol–water partition coefficient (Wildman–Crippen LogP) is 2.39. The number of piperidine rings is 1. The maximum atomic E-state index is 11.8. The second kappa shape index (κ2) is 8.34. The lowest BCUT2D eigenvalue weighted by Gasteiger charge is -2.26. The zero-order chi connectivity index (χ0) is 15.9. The molecule has 1 N–H and O–H groups in total. The Morgan fingerprint density at radius 2 is 2.09 bits per heavy atom. The van der Waals surface area contributed by atoms with Crippen molar-refractivity contribution < 1.29 is 4.79 Å². The van der Waals surface area contributed by atoms with Gasteiger partial charge < -0.3 is 10.2 Å². The van der Waals surface area contributed by atoms with E-state index in [1.807, 2.05) is 6.92 Å². The molecule has 1 aliphatic heterocycles. The molecule has 2 rings (SSSR count). The van der Waals surface area contributed by atoms with E-state index in [4.69, 9.17) is 11.6 Å². The Morgan fingerprint density at radius 3 is 2.73 bits per heavy atom. The van der Waals surface area contributed by atoms with E-state index in [1.165, 1.54) is 38.4 Å². The van der Waals surface area contributed by atoms with Crippen molar-refractivity contribution in [2.45, 2.75) is 32.6 Å². The average molecular weight is 325 g/mol. The number of aryl methyl sites for hydroxylation is 2. The predicted molar refractivity (Wildman–Crippen MR) is 89.9 cm³/mol. The van der Waals surface area contributed by atoms with E-state index < -0.39 is 0 Å². The van der Waals surface area contributed by atoms with E-state index in [1.54, 1.807) is 17.8 Å². The molecule has 0 radical (unpaired) electrons. The third-order valence-corrected chi connectivity index (χ3v) is 4.44. The van der Waals surface area contributed by atoms with Gasteiger partial charge in [-0.15, -0.1) is 0 Å². The number of carbonyl (C=O) groups excluding carboxylic acids is 1. The van der Waals surface area contributed by atoms with Crippen LogP contribution in [0.15, 0.2) is 6.08 Å². The van der Waals surface area contributed by atoms with E-state index in [2.05, 4.69) is 15.3 Å². The number of carbonyl (C=O) groups is 1. The van der Waals surface area contributed by atoms with Gasteiger partial charge in [-0.25, -0.2) is 0 Å². The van der Waals surface area contributed by atoms with Crippen LogP contribution in [0.3, 0.4) is 0 Å². The topological polar surface area (TPSA) is 50.2 Å². The molecule has 1 amide bonds. The summed E-state index contributed by atoms with van der Waals surface area (Å²) in [5, 5.41) is 7.68. The quantitative estimate of drug-likeness (QED) is 0.645. The third kappa shape index (κ3) is 4.85. The van der Waals surface area contributed by atoms with Crippen molar-refractivity contribution in [3.05, 3.63) is 22.5 Å². The maximum Gasteiger partial charge on any atom is 0.244 e. The molecule has 1 aliphatic rings. The molecule has 0 saturated carbocycles. The smallest absolute Gasteiger partial charge is 0.244 e. The van der Waals surface area contributed by atoms with Crippen LogP contribution in [-0.4, -0.2) is 46.8 Å². The van der Waals surface area contributed by atoms with Crippen LogP contribution < -0.4 is 5.32 Å². The highest BCUT2D eigenvalue weighted by molar-refractivity contribution is 6.31. The van der Waals surface area contributed by atoms with Gasteiger partial charge in [0.05, 0.1) is 5.69 Å². The molecule has 0 aliphatic carbocycles. The highest BCUT2D eigenvalue weighted by Gasteiger charge is 2.10. The second-order valence-corrected chi connectivity index (χ2v) is 6.15. The molecular formula is C16H25ClN4O. The van der Waals surface area contributed by atoms with Gasteiger partial charge in [-0.3, -0.25) is 9.48 Å². The van der Waals surface area contributed by atoms with Crippen molar-refractivity contribution >= 4 is 23.6 Å². The van der Waals surface area contributed by atoms with E-state index in [0.29, 0.717) is 11.7 Å². The van der Waals surface area contributed by atoms with Crippen LogP contribution in [0.25, 0.3) is 6.08 Å². The first-order valence-corrected chi connectivity index (χ1v) is 8.33. The average Bonchev–Trinajstić information content (AvgIpc) is 2.76. The van der Waals surface area contributed by atoms with Gasteiger partial charge in [-0.05, 0) is 51.9 Å². The lowest BCUT2D eigenvalue weighted by molar-refractivity contribution is -0.116. The van der Waals surface area contributed by atoms with E-state index in [0.717, 1.165) is 24.2 Å². The number of aromatic nitrogens is 2. The highest BCUT2D eigenvalue weighted by Crippen LogP contribution is 2.19. The zero-order valence-corrected chi connectivity index (χ0v) is 14.2. The van der Waals surface area contributed by atoms with Gasteiger partial charge in [0.25, 0.3) is 0 Å². The number of nitrogens with zero attached hydrogens (tertiary/aromatic N) is 3. The molecule has 1 saturated heterocycles. The molecule has 0 atom stereocenters. The molecule has 5 nitrogen and oxygen atoms in total. The van der Waals surface area contributed by atoms with E-state index >= 15 is 0 Å². The van der Waals surface area contributed by atoms with Crippen LogP contribution >= 0.6 is 11.6 Å². The van der Waals surface area contributed by atoms with Crippen molar-refractivity contribution in [3.63, 3.8) is 0 Å². The Balaban J connectivity index is 1.70. The summed E-state index contributed by atoms with van der Waals surface area (Å²) >= 11 is 6.12. The minimum Gasteiger partial charge on any atom is -0.353 e. The number of hydrogen-bond acceptors (Lipinski definition) is 3. The fraction of sp³-hybridized carbons (Fsp3) is 0.625. The van der Waals surface area contributed by atoms with E-state index in [-0.39, 0.29) is 5.91 Å². The number of nitrogens with one attached hydrogen (secondary N) is 1. The largest absolute Gasteiger partial charge is 0.353 e. The van der Waals surface area contributed by atoms with Gasteiger partial charge in [-0.1, -0.05) is 18.0 Å². The Morgan fingerprint density at radius 1 is 1.36 bits per heavy atom. The molecule has 1 aromatic heterocycles. The van der Waals surface area contributed by atoms with E-state index in [9.17, 15) is 4.79 Å². The summed E-state index contributed by atoms with van der Waals surface area (Å²) in [6, 6.07) is 0. The van der Waals surface area contributed by atoms with Gasteiger partial charge in [0.1, 0.15) is 5.15 Å². The normalized spacial score (nSPS) is 16.3. The minimum atomic E-state index is -0.0852. The Kier molecular flexibility index (Phi) is 6.46. The van der Waals surface area contributed by atoms with Crippen LogP contribution in [0.4, 0.5) is 0 Å². The van der Waals surface area contributed by atoms with Crippen LogP contribution in [0.2, 0.25) is 5.15 Å². The van der Waals surface area contributed by atoms with Crippen molar-refractivity contribution in [3.8, 4) is 0 Å². The van der Waals surface area contributed by atoms with Crippen LogP contribution in [0.5, 0.6) is 0 Å². The molecule has 0 unspecified atom stereocenters. The van der Waals surface area contributed by atoms with Crippen molar-refractivity contribution in [1.82, 2.24) is 20.0 Å². The standard InChI is InChI=1S/C16H25ClN4O/c1-13-14(16(17)20(2)19-13)7-8-15(22)18-9-6-12-21-10-4-3-5-11-21/h7-8H,3-6,9-12H2,1-2H3,(H,18,22)/b8-7+. The lowest BCUT2D eigenvalue weighted by Crippen LogP contribution is -2.33. The molecule has 0 spiro atoms. The monoisotopic (exact) mass is 324 g/mol. The molecule has 1 fully saturated rings. The fourth-order valence-corrected chi connectivity index (χ4v) is 2.99. The molecule has 2 heterocycles. The Bertz CT molecular complexity index is 532. The molecule has 122 valence electrons. The van der Waals surface area contributed by atoms with Crippen LogP contribution in [0.1, 0.15) is 36.9 Å². The molecule has 0 aromatic carbocycles. The van der Waals surface area contributed by atoms with Crippen molar-refractivity contribution in [2.75, 3.05) is 26.2 Å². The van der Waals surface area contributed by atoms with Gasteiger partial charge in [-0.2, -0.15) is 5.10 Å². The number of amides is 1. The first-order chi connectivity index (χ1) is 10.6. The first kappa shape index (κ1) is 17.0. The van der Waals surface area contributed by atoms with Gasteiger partial charge in [0.2, 0.25) is 5.91 Å². The summed E-state index contributed by atoms with van der Waals surface area (Å²) in [7, 11) is 1.79. The number of rotatable bonds is 6. The first-order valence-electron chi connectivity index (χ1n) is 7.95. The highest BCUT2D eigenvalue weighted by atomic mass is 35.5. The summed E-state index contributed by atoms with van der Waals surface area (Å²) < 4.78 is 1.60. The summed E-state index contributed by atoms with van der Waals surface area (Å²) in [5.74, 6) is -0.0852. The molecule has 6 heteroatoms. The van der Waals surface area contributed by atoms with Crippen LogP contribution in [-0.2, 0) is 11.8 Å². The zero-order valence-electron chi connectivity index (χ0n) is 13.4. The molecule has 0 bridgehead atoms. The van der Waals surface area contributed by atoms with Gasteiger partial charge in [0, 0.05) is 25.2 Å². The summed E-state index contributed by atoms with van der Waals surface area (Å²) in [6.45, 7) is 6.05. The molecular weight excluding hydrogens is 300 g/mol. The number of halogens is 1. The molecule has 1 aromatic rings. The van der Waals surface area contributed by atoms with Gasteiger partial charge >= 0.3 is 0 Å². The third-order valence-electron chi connectivity index (χ3n) is 4.00. The SMILES string of the molecule is Cc1nn(C)c(Cl)c1/C=C/C(=O)NCCCN1CCCCC1. The Labute approximate surface area is 137 Å². The minimum absolute atomic E-state index is 0.0852. The number of hydrogen-bond donors (Lipinski definition) is 1.